The molecule has 0 aromatic carbocycles. The zero-order valence-electron chi connectivity index (χ0n) is 13.7. The van der Waals surface area contributed by atoms with Crippen LogP contribution in [0.1, 0.15) is 68.7 Å². The number of carbonyl (C=O) groups is 1. The summed E-state index contributed by atoms with van der Waals surface area (Å²) in [4.78, 5) is 20.5. The number of thiazole rings is 1. The predicted octanol–water partition coefficient (Wildman–Crippen LogP) is 4.31. The van der Waals surface area contributed by atoms with Gasteiger partial charge in [0.15, 0.2) is 10.9 Å². The van der Waals surface area contributed by atoms with Gasteiger partial charge in [0.2, 0.25) is 0 Å². The molecule has 116 valence electrons. The van der Waals surface area contributed by atoms with Crippen molar-refractivity contribution in [2.75, 3.05) is 18.0 Å². The fourth-order valence-electron chi connectivity index (χ4n) is 3.46. The second kappa shape index (κ2) is 5.08. The molecule has 2 heterocycles. The minimum Gasteiger partial charge on any atom is -0.348 e. The van der Waals surface area contributed by atoms with Gasteiger partial charge in [0.05, 0.1) is 10.6 Å². The lowest BCUT2D eigenvalue weighted by Crippen LogP contribution is -2.26. The smallest absolute Gasteiger partial charge is 0.186 e. The van der Waals surface area contributed by atoms with E-state index in [0.717, 1.165) is 35.2 Å². The maximum absolute atomic E-state index is 12.3. The van der Waals surface area contributed by atoms with Crippen molar-refractivity contribution in [1.29, 1.82) is 0 Å². The van der Waals surface area contributed by atoms with Crippen molar-refractivity contribution in [2.45, 2.75) is 59.8 Å². The van der Waals surface area contributed by atoms with Crippen LogP contribution in [0.25, 0.3) is 0 Å². The summed E-state index contributed by atoms with van der Waals surface area (Å²) in [5.74, 6) is 0.292. The van der Waals surface area contributed by atoms with E-state index < -0.39 is 0 Å². The van der Waals surface area contributed by atoms with Crippen LogP contribution in [0.15, 0.2) is 0 Å². The molecule has 0 radical (unpaired) electrons. The molecular formula is C17H26N2OS. The van der Waals surface area contributed by atoms with Crippen LogP contribution in [0.2, 0.25) is 0 Å². The molecule has 4 heteroatoms. The molecule has 0 unspecified atom stereocenters. The van der Waals surface area contributed by atoms with E-state index >= 15 is 0 Å². The molecule has 0 N–H and O–H groups in total. The number of fused-ring (bicyclic) bond motifs is 1. The van der Waals surface area contributed by atoms with E-state index in [2.05, 4.69) is 32.6 Å². The molecule has 0 amide bonds. The first-order valence-electron chi connectivity index (χ1n) is 8.04. The number of nitrogens with zero attached hydrogens (tertiary/aromatic N) is 2. The fraction of sp³-hybridized carbons (Fsp3) is 0.765. The van der Waals surface area contributed by atoms with Crippen molar-refractivity contribution < 1.29 is 4.79 Å². The molecule has 1 fully saturated rings. The number of ketones is 1. The van der Waals surface area contributed by atoms with Crippen molar-refractivity contribution in [1.82, 2.24) is 4.98 Å². The third-order valence-corrected chi connectivity index (χ3v) is 6.03. The molecule has 2 aliphatic rings. The van der Waals surface area contributed by atoms with Gasteiger partial charge in [-0.25, -0.2) is 4.98 Å². The van der Waals surface area contributed by atoms with Gasteiger partial charge in [0.25, 0.3) is 0 Å². The summed E-state index contributed by atoms with van der Waals surface area (Å²) in [6.07, 6.45) is 5.30. The first-order chi connectivity index (χ1) is 9.76. The third-order valence-electron chi connectivity index (χ3n) is 4.84. The lowest BCUT2D eigenvalue weighted by molar-refractivity contribution is 0.0916. The topological polar surface area (TPSA) is 33.2 Å². The minimum atomic E-state index is 0.0657. The monoisotopic (exact) mass is 306 g/mol. The molecule has 0 saturated carbocycles. The fourth-order valence-corrected chi connectivity index (χ4v) is 4.53. The molecular weight excluding hydrogens is 280 g/mol. The molecule has 0 atom stereocenters. The number of anilines is 1. The van der Waals surface area contributed by atoms with E-state index in [0.29, 0.717) is 17.6 Å². The lowest BCUT2D eigenvalue weighted by atomic mass is 9.78. The highest BCUT2D eigenvalue weighted by Crippen LogP contribution is 2.40. The summed E-state index contributed by atoms with van der Waals surface area (Å²) in [7, 11) is 0. The number of hydrogen-bond donors (Lipinski definition) is 0. The van der Waals surface area contributed by atoms with Gasteiger partial charge in [0, 0.05) is 19.5 Å². The quantitative estimate of drug-likeness (QED) is 0.775. The number of aromatic nitrogens is 1. The normalized spacial score (nSPS) is 24.6. The molecule has 1 saturated heterocycles. The van der Waals surface area contributed by atoms with Crippen LogP contribution in [0.5, 0.6) is 0 Å². The highest BCUT2D eigenvalue weighted by atomic mass is 32.1. The maximum atomic E-state index is 12.3. The van der Waals surface area contributed by atoms with Crippen LogP contribution >= 0.6 is 11.3 Å². The Morgan fingerprint density at radius 3 is 2.57 bits per heavy atom. The van der Waals surface area contributed by atoms with E-state index in [1.54, 1.807) is 11.3 Å². The molecule has 0 bridgehead atoms. The van der Waals surface area contributed by atoms with Crippen LogP contribution in [-0.4, -0.2) is 23.9 Å². The zero-order valence-corrected chi connectivity index (χ0v) is 14.5. The summed E-state index contributed by atoms with van der Waals surface area (Å²) in [6.45, 7) is 11.2. The van der Waals surface area contributed by atoms with Gasteiger partial charge >= 0.3 is 0 Å². The van der Waals surface area contributed by atoms with Crippen LogP contribution in [0, 0.1) is 10.8 Å². The molecule has 3 rings (SSSR count). The highest BCUT2D eigenvalue weighted by molar-refractivity contribution is 7.17. The van der Waals surface area contributed by atoms with Crippen molar-refractivity contribution >= 4 is 22.3 Å². The Morgan fingerprint density at radius 2 is 1.81 bits per heavy atom. The standard InChI is InChI=1S/C17H26N2OS/c1-16(2)6-5-8-19(9-7-16)15-18-12-10-17(3,4)11-13(20)14(12)21-15/h5-11H2,1-4H3. The number of rotatable bonds is 1. The van der Waals surface area contributed by atoms with Crippen LogP contribution < -0.4 is 4.90 Å². The zero-order chi connectivity index (χ0) is 15.3. The number of Topliss-reactive ketones (excluding diaryl/α,β-unsaturated/α-hetero) is 1. The summed E-state index contributed by atoms with van der Waals surface area (Å²) in [6, 6.07) is 0. The summed E-state index contributed by atoms with van der Waals surface area (Å²) in [5, 5.41) is 1.07. The van der Waals surface area contributed by atoms with Crippen molar-refractivity contribution in [2.24, 2.45) is 10.8 Å². The van der Waals surface area contributed by atoms with Gasteiger partial charge in [-0.15, -0.1) is 0 Å². The van der Waals surface area contributed by atoms with Crippen molar-refractivity contribution in [3.63, 3.8) is 0 Å². The average molecular weight is 306 g/mol. The highest BCUT2D eigenvalue weighted by Gasteiger charge is 2.35. The molecule has 1 aliphatic carbocycles. The van der Waals surface area contributed by atoms with Crippen molar-refractivity contribution in [3.05, 3.63) is 10.6 Å². The molecule has 21 heavy (non-hydrogen) atoms. The number of carbonyl (C=O) groups excluding carboxylic acids is 1. The maximum Gasteiger partial charge on any atom is 0.186 e. The van der Waals surface area contributed by atoms with E-state index in [1.165, 1.54) is 19.3 Å². The van der Waals surface area contributed by atoms with Crippen molar-refractivity contribution in [3.8, 4) is 0 Å². The Hall–Kier alpha value is -0.900. The average Bonchev–Trinajstić information content (AvgIpc) is 2.66. The van der Waals surface area contributed by atoms with Gasteiger partial charge in [0.1, 0.15) is 0 Å². The largest absolute Gasteiger partial charge is 0.348 e. The van der Waals surface area contributed by atoms with Gasteiger partial charge in [-0.2, -0.15) is 0 Å². The third kappa shape index (κ3) is 3.15. The van der Waals surface area contributed by atoms with E-state index in [9.17, 15) is 4.79 Å². The second-order valence-corrected chi connectivity index (χ2v) is 9.20. The van der Waals surface area contributed by atoms with Crippen LogP contribution in [0.3, 0.4) is 0 Å². The van der Waals surface area contributed by atoms with E-state index in [1.807, 2.05) is 0 Å². The molecule has 1 aliphatic heterocycles. The van der Waals surface area contributed by atoms with E-state index in [4.69, 9.17) is 4.98 Å². The first kappa shape index (κ1) is 15.0. The Bertz CT molecular complexity index is 559. The van der Waals surface area contributed by atoms with Crippen LogP contribution in [0.4, 0.5) is 5.13 Å². The molecule has 3 nitrogen and oxygen atoms in total. The van der Waals surface area contributed by atoms with Gasteiger partial charge in [-0.05, 0) is 36.5 Å². The van der Waals surface area contributed by atoms with E-state index in [-0.39, 0.29) is 5.41 Å². The molecule has 1 aromatic heterocycles. The Balaban J connectivity index is 1.83. The lowest BCUT2D eigenvalue weighted by Gasteiger charge is -2.26. The van der Waals surface area contributed by atoms with Gasteiger partial charge < -0.3 is 4.90 Å². The Morgan fingerprint density at radius 1 is 1.05 bits per heavy atom. The Labute approximate surface area is 131 Å². The minimum absolute atomic E-state index is 0.0657. The first-order valence-corrected chi connectivity index (χ1v) is 8.85. The molecule has 0 spiro atoms. The molecule has 1 aromatic rings. The predicted molar refractivity (Wildman–Crippen MR) is 88.4 cm³/mol. The van der Waals surface area contributed by atoms with Gasteiger partial charge in [-0.3, -0.25) is 4.79 Å². The Kier molecular flexibility index (Phi) is 3.63. The number of hydrogen-bond acceptors (Lipinski definition) is 4. The summed E-state index contributed by atoms with van der Waals surface area (Å²) < 4.78 is 0. The summed E-state index contributed by atoms with van der Waals surface area (Å²) in [5.41, 5.74) is 1.54. The second-order valence-electron chi connectivity index (χ2n) is 8.22. The van der Waals surface area contributed by atoms with Gasteiger partial charge in [-0.1, -0.05) is 39.0 Å². The summed E-state index contributed by atoms with van der Waals surface area (Å²) >= 11 is 1.63. The SMILES string of the molecule is CC1(C)CCCN(c2nc3c(s2)C(=O)CC(C)(C)C3)CC1. The van der Waals surface area contributed by atoms with Crippen LogP contribution in [-0.2, 0) is 6.42 Å².